The van der Waals surface area contributed by atoms with Gasteiger partial charge in [-0.1, -0.05) is 57.9 Å². The van der Waals surface area contributed by atoms with Gasteiger partial charge in [0.1, 0.15) is 12.2 Å². The van der Waals surface area contributed by atoms with Gasteiger partial charge in [0, 0.05) is 30.8 Å². The van der Waals surface area contributed by atoms with E-state index in [0.717, 1.165) is 63.7 Å². The molecule has 2 aliphatic heterocycles. The van der Waals surface area contributed by atoms with Crippen LogP contribution in [-0.2, 0) is 31.8 Å². The van der Waals surface area contributed by atoms with Crippen molar-refractivity contribution in [2.75, 3.05) is 37.5 Å². The first kappa shape index (κ1) is 36.2. The Balaban J connectivity index is 0.000000181. The van der Waals surface area contributed by atoms with Crippen molar-refractivity contribution < 1.29 is 34.3 Å². The van der Waals surface area contributed by atoms with E-state index in [1.54, 1.807) is 34.8 Å². The molecular formula is C34H37Cl2IO7S2. The SMILES string of the molecule is Cc1sc(C2OCCO2)cc1[C@H](O)c1cc(Cl)ccc1CCI.Cc1sc(C2OCCO2)cc1[C@H](O)c1cc(Cl)ccc1CCO. The van der Waals surface area contributed by atoms with Crippen molar-refractivity contribution >= 4 is 68.5 Å². The van der Waals surface area contributed by atoms with Crippen LogP contribution in [0.5, 0.6) is 0 Å². The van der Waals surface area contributed by atoms with Crippen LogP contribution in [0.3, 0.4) is 0 Å². The molecule has 2 aromatic carbocycles. The quantitative estimate of drug-likeness (QED) is 0.110. The fourth-order valence-corrected chi connectivity index (χ4v) is 8.58. The fraction of sp³-hybridized carbons (Fsp3) is 0.412. The molecule has 2 aliphatic rings. The highest BCUT2D eigenvalue weighted by Gasteiger charge is 2.26. The highest BCUT2D eigenvalue weighted by atomic mass is 127. The maximum absolute atomic E-state index is 10.9. The van der Waals surface area contributed by atoms with Crippen LogP contribution >= 0.6 is 68.5 Å². The van der Waals surface area contributed by atoms with Crippen molar-refractivity contribution in [2.24, 2.45) is 0 Å². The second-order valence-electron chi connectivity index (χ2n) is 10.9. The zero-order valence-corrected chi connectivity index (χ0v) is 30.8. The summed E-state index contributed by atoms with van der Waals surface area (Å²) in [5.41, 5.74) is 5.37. The van der Waals surface area contributed by atoms with Gasteiger partial charge in [0.05, 0.1) is 36.2 Å². The molecule has 0 saturated carbocycles. The summed E-state index contributed by atoms with van der Waals surface area (Å²) in [6.45, 7) is 6.44. The van der Waals surface area contributed by atoms with Crippen LogP contribution in [0.25, 0.3) is 0 Å². The molecular weight excluding hydrogens is 782 g/mol. The molecule has 4 heterocycles. The molecule has 3 N–H and O–H groups in total. The molecule has 12 heteroatoms. The fourth-order valence-electron chi connectivity index (χ4n) is 5.51. The van der Waals surface area contributed by atoms with Crippen molar-refractivity contribution in [2.45, 2.75) is 51.5 Å². The minimum absolute atomic E-state index is 0.0268. The van der Waals surface area contributed by atoms with Gasteiger partial charge >= 0.3 is 0 Å². The molecule has 2 aromatic heterocycles. The van der Waals surface area contributed by atoms with Gasteiger partial charge in [-0.2, -0.15) is 0 Å². The number of aryl methyl sites for hydroxylation is 3. The molecule has 0 unspecified atom stereocenters. The molecule has 0 aliphatic carbocycles. The first-order valence-electron chi connectivity index (χ1n) is 15.0. The molecule has 7 nitrogen and oxygen atoms in total. The summed E-state index contributed by atoms with van der Waals surface area (Å²) in [5.74, 6) is 0. The topological polar surface area (TPSA) is 97.6 Å². The van der Waals surface area contributed by atoms with Gasteiger partial charge in [0.15, 0.2) is 12.6 Å². The minimum Gasteiger partial charge on any atom is -0.396 e. The Morgan fingerprint density at radius 1 is 0.696 bits per heavy atom. The van der Waals surface area contributed by atoms with Crippen molar-refractivity contribution in [3.8, 4) is 0 Å². The zero-order valence-electron chi connectivity index (χ0n) is 25.5. The summed E-state index contributed by atoms with van der Waals surface area (Å²) in [7, 11) is 0. The Morgan fingerprint density at radius 2 is 1.11 bits per heavy atom. The van der Waals surface area contributed by atoms with E-state index >= 15 is 0 Å². The van der Waals surface area contributed by atoms with Gasteiger partial charge in [-0.05, 0) is 96.5 Å². The number of ether oxygens (including phenoxy) is 4. The average Bonchev–Trinajstić information content (AvgIpc) is 3.86. The van der Waals surface area contributed by atoms with Gasteiger partial charge < -0.3 is 34.3 Å². The van der Waals surface area contributed by atoms with E-state index in [-0.39, 0.29) is 19.2 Å². The Hall–Kier alpha value is -1.13. The lowest BCUT2D eigenvalue weighted by Crippen LogP contribution is -2.06. The normalized spacial score (nSPS) is 16.9. The lowest BCUT2D eigenvalue weighted by atomic mass is 9.95. The first-order chi connectivity index (χ1) is 22.2. The largest absolute Gasteiger partial charge is 0.396 e. The monoisotopic (exact) mass is 818 g/mol. The molecule has 2 saturated heterocycles. The van der Waals surface area contributed by atoms with Gasteiger partial charge in [-0.15, -0.1) is 22.7 Å². The van der Waals surface area contributed by atoms with Crippen molar-refractivity contribution in [1.29, 1.82) is 0 Å². The Labute approximate surface area is 301 Å². The van der Waals surface area contributed by atoms with Crippen molar-refractivity contribution in [3.05, 3.63) is 111 Å². The molecule has 6 rings (SSSR count). The van der Waals surface area contributed by atoms with E-state index in [0.29, 0.717) is 42.9 Å². The van der Waals surface area contributed by atoms with Gasteiger partial charge in [-0.3, -0.25) is 0 Å². The molecule has 248 valence electrons. The van der Waals surface area contributed by atoms with E-state index in [1.807, 2.05) is 50.2 Å². The molecule has 2 atom stereocenters. The molecule has 2 fully saturated rings. The van der Waals surface area contributed by atoms with E-state index in [2.05, 4.69) is 22.6 Å². The summed E-state index contributed by atoms with van der Waals surface area (Å²) < 4.78 is 23.2. The Kier molecular flexibility index (Phi) is 13.4. The number of rotatable bonds is 10. The van der Waals surface area contributed by atoms with E-state index in [9.17, 15) is 15.3 Å². The summed E-state index contributed by atoms with van der Waals surface area (Å²) >= 11 is 17.8. The third-order valence-corrected chi connectivity index (χ3v) is 11.0. The Bertz CT molecular complexity index is 1480. The summed E-state index contributed by atoms with van der Waals surface area (Å²) in [6.07, 6.45) is -0.716. The van der Waals surface area contributed by atoms with E-state index in [4.69, 9.17) is 42.1 Å². The maximum Gasteiger partial charge on any atom is 0.193 e. The number of benzene rings is 2. The van der Waals surface area contributed by atoms with Crippen molar-refractivity contribution in [1.82, 2.24) is 0 Å². The number of thiophene rings is 2. The average molecular weight is 820 g/mol. The lowest BCUT2D eigenvalue weighted by Gasteiger charge is -2.16. The predicted molar refractivity (Wildman–Crippen MR) is 192 cm³/mol. The molecule has 46 heavy (non-hydrogen) atoms. The smallest absolute Gasteiger partial charge is 0.193 e. The third kappa shape index (κ3) is 8.71. The molecule has 0 spiro atoms. The summed E-state index contributed by atoms with van der Waals surface area (Å²) in [4.78, 5) is 4.06. The number of alkyl halides is 1. The zero-order chi connectivity index (χ0) is 32.8. The Morgan fingerprint density at radius 3 is 1.50 bits per heavy atom. The summed E-state index contributed by atoms with van der Waals surface area (Å²) in [6, 6.07) is 15.1. The standard InChI is InChI=1S/C17H18ClIO3S.C17H19ClO4S/c2*1-10-13(9-15(23-10)17-21-6-7-22-17)16(20)14-8-12(18)3-2-11(14)4-5-19/h2-3,8-9,16-17,20H,4-7H2,1H3;2-3,8-9,16-17,19-20H,4-7H2,1H3/t2*16-/m00/s1. The molecule has 4 aromatic rings. The highest BCUT2D eigenvalue weighted by molar-refractivity contribution is 14.1. The van der Waals surface area contributed by atoms with Gasteiger partial charge in [0.2, 0.25) is 0 Å². The third-order valence-electron chi connectivity index (χ3n) is 7.80. The van der Waals surface area contributed by atoms with Gasteiger partial charge in [0.25, 0.3) is 0 Å². The van der Waals surface area contributed by atoms with E-state index in [1.165, 1.54) is 0 Å². The van der Waals surface area contributed by atoms with Crippen LogP contribution < -0.4 is 0 Å². The lowest BCUT2D eigenvalue weighted by molar-refractivity contribution is -0.0416. The van der Waals surface area contributed by atoms with Crippen LogP contribution in [-0.4, -0.2) is 52.8 Å². The molecule has 0 bridgehead atoms. The van der Waals surface area contributed by atoms with Gasteiger partial charge in [-0.25, -0.2) is 0 Å². The number of halogens is 3. The second kappa shape index (κ2) is 17.0. The number of hydrogen-bond donors (Lipinski definition) is 3. The van der Waals surface area contributed by atoms with Crippen LogP contribution in [0.15, 0.2) is 48.5 Å². The summed E-state index contributed by atoms with van der Waals surface area (Å²) in [5, 5.41) is 32.2. The van der Waals surface area contributed by atoms with Crippen LogP contribution in [0.2, 0.25) is 10.0 Å². The highest BCUT2D eigenvalue weighted by Crippen LogP contribution is 2.39. The van der Waals surface area contributed by atoms with Crippen LogP contribution in [0.1, 0.15) is 77.7 Å². The number of hydrogen-bond acceptors (Lipinski definition) is 9. The van der Waals surface area contributed by atoms with Crippen LogP contribution in [0, 0.1) is 13.8 Å². The molecule has 0 radical (unpaired) electrons. The minimum atomic E-state index is -0.790. The maximum atomic E-state index is 10.9. The predicted octanol–water partition coefficient (Wildman–Crippen LogP) is 8.19. The number of aliphatic hydroxyl groups is 3. The van der Waals surface area contributed by atoms with Crippen molar-refractivity contribution in [3.63, 3.8) is 0 Å². The van der Waals surface area contributed by atoms with Crippen LogP contribution in [0.4, 0.5) is 0 Å². The number of aliphatic hydroxyl groups excluding tert-OH is 3. The molecule has 0 amide bonds. The van der Waals surface area contributed by atoms with E-state index < -0.39 is 12.2 Å². The first-order valence-corrected chi connectivity index (χ1v) is 18.9. The second-order valence-corrected chi connectivity index (χ2v) is 15.4.